The fourth-order valence-corrected chi connectivity index (χ4v) is 2.03. The molecule has 0 fully saturated rings. The Bertz CT molecular complexity index is 422. The van der Waals surface area contributed by atoms with Crippen LogP contribution in [0.3, 0.4) is 0 Å². The van der Waals surface area contributed by atoms with E-state index in [0.29, 0.717) is 11.6 Å². The molecule has 2 rings (SSSR count). The van der Waals surface area contributed by atoms with Crippen LogP contribution in [0.4, 0.5) is 5.82 Å². The standard InChI is InChI=1S/C11H13BrN2O2/c1-3-4-8-11(15)14(2)10-9(16-8)5-7(12)6-13-10/h5-6,8H,3-4H2,1-2H3. The number of carbonyl (C=O) groups is 1. The third-order valence-corrected chi connectivity index (χ3v) is 2.98. The first-order valence-electron chi connectivity index (χ1n) is 5.23. The van der Waals surface area contributed by atoms with Gasteiger partial charge in [-0.3, -0.25) is 9.69 Å². The first-order valence-corrected chi connectivity index (χ1v) is 6.02. The lowest BCUT2D eigenvalue weighted by Crippen LogP contribution is -2.44. The van der Waals surface area contributed by atoms with Gasteiger partial charge < -0.3 is 4.74 Å². The summed E-state index contributed by atoms with van der Waals surface area (Å²) in [5.74, 6) is 1.22. The largest absolute Gasteiger partial charge is 0.477 e. The first-order chi connectivity index (χ1) is 7.63. The van der Waals surface area contributed by atoms with Gasteiger partial charge in [-0.05, 0) is 28.4 Å². The summed E-state index contributed by atoms with van der Waals surface area (Å²) in [6.07, 6.45) is 2.93. The van der Waals surface area contributed by atoms with Crippen molar-refractivity contribution in [3.63, 3.8) is 0 Å². The molecule has 2 heterocycles. The molecule has 5 heteroatoms. The predicted octanol–water partition coefficient (Wildman–Crippen LogP) is 2.37. The van der Waals surface area contributed by atoms with E-state index in [1.165, 1.54) is 0 Å². The molecule has 86 valence electrons. The minimum absolute atomic E-state index is 0.0239. The van der Waals surface area contributed by atoms with E-state index in [4.69, 9.17) is 4.74 Å². The molecule has 0 saturated heterocycles. The van der Waals surface area contributed by atoms with Crippen LogP contribution in [0.5, 0.6) is 5.75 Å². The molecule has 0 spiro atoms. The highest BCUT2D eigenvalue weighted by molar-refractivity contribution is 9.10. The highest BCUT2D eigenvalue weighted by Gasteiger charge is 2.32. The summed E-state index contributed by atoms with van der Waals surface area (Å²) < 4.78 is 6.50. The number of aromatic nitrogens is 1. The SMILES string of the molecule is CCCC1Oc2cc(Br)cnc2N(C)C1=O. The third kappa shape index (κ3) is 1.91. The number of halogens is 1. The summed E-state index contributed by atoms with van der Waals surface area (Å²) in [7, 11) is 1.73. The zero-order chi connectivity index (χ0) is 11.7. The van der Waals surface area contributed by atoms with Crippen LogP contribution in [-0.2, 0) is 4.79 Å². The molecule has 1 aliphatic heterocycles. The van der Waals surface area contributed by atoms with Gasteiger partial charge in [-0.2, -0.15) is 0 Å². The maximum atomic E-state index is 11.9. The highest BCUT2D eigenvalue weighted by atomic mass is 79.9. The van der Waals surface area contributed by atoms with Gasteiger partial charge in [0.2, 0.25) is 0 Å². The van der Waals surface area contributed by atoms with Crippen LogP contribution >= 0.6 is 15.9 Å². The Labute approximate surface area is 103 Å². The molecule has 0 aliphatic carbocycles. The number of nitrogens with zero attached hydrogens (tertiary/aromatic N) is 2. The predicted molar refractivity (Wildman–Crippen MR) is 64.7 cm³/mol. The fourth-order valence-electron chi connectivity index (χ4n) is 1.72. The maximum absolute atomic E-state index is 11.9. The molecule has 0 aromatic carbocycles. The van der Waals surface area contributed by atoms with Gasteiger partial charge in [-0.25, -0.2) is 4.98 Å². The van der Waals surface area contributed by atoms with E-state index < -0.39 is 0 Å². The van der Waals surface area contributed by atoms with E-state index >= 15 is 0 Å². The normalized spacial score (nSPS) is 19.3. The smallest absolute Gasteiger partial charge is 0.269 e. The van der Waals surface area contributed by atoms with E-state index in [2.05, 4.69) is 20.9 Å². The van der Waals surface area contributed by atoms with E-state index in [1.54, 1.807) is 18.1 Å². The van der Waals surface area contributed by atoms with Crippen LogP contribution in [-0.4, -0.2) is 24.0 Å². The molecule has 1 aromatic heterocycles. The van der Waals surface area contributed by atoms with Gasteiger partial charge in [0.15, 0.2) is 17.7 Å². The summed E-state index contributed by atoms with van der Waals surface area (Å²) in [5, 5.41) is 0. The van der Waals surface area contributed by atoms with Crippen molar-refractivity contribution in [3.05, 3.63) is 16.7 Å². The minimum Gasteiger partial charge on any atom is -0.477 e. The molecule has 1 aliphatic rings. The van der Waals surface area contributed by atoms with Crippen molar-refractivity contribution >= 4 is 27.7 Å². The van der Waals surface area contributed by atoms with Gasteiger partial charge in [-0.1, -0.05) is 13.3 Å². The van der Waals surface area contributed by atoms with Crippen molar-refractivity contribution in [2.75, 3.05) is 11.9 Å². The van der Waals surface area contributed by atoms with E-state index in [1.807, 2.05) is 13.0 Å². The molecule has 0 bridgehead atoms. The Balaban J connectivity index is 2.36. The summed E-state index contributed by atoms with van der Waals surface area (Å²) in [6.45, 7) is 2.03. The second-order valence-electron chi connectivity index (χ2n) is 3.77. The fraction of sp³-hybridized carbons (Fsp3) is 0.455. The van der Waals surface area contributed by atoms with Crippen molar-refractivity contribution in [2.24, 2.45) is 0 Å². The second-order valence-corrected chi connectivity index (χ2v) is 4.68. The van der Waals surface area contributed by atoms with Gasteiger partial charge in [0.05, 0.1) is 0 Å². The summed E-state index contributed by atoms with van der Waals surface area (Å²) >= 11 is 3.34. The van der Waals surface area contributed by atoms with Crippen LogP contribution < -0.4 is 9.64 Å². The summed E-state index contributed by atoms with van der Waals surface area (Å²) in [5.41, 5.74) is 0. The van der Waals surface area contributed by atoms with Crippen molar-refractivity contribution in [2.45, 2.75) is 25.9 Å². The van der Waals surface area contributed by atoms with Crippen LogP contribution in [0, 0.1) is 0 Å². The zero-order valence-electron chi connectivity index (χ0n) is 9.24. The zero-order valence-corrected chi connectivity index (χ0v) is 10.8. The number of amides is 1. The molecular formula is C11H13BrN2O2. The second kappa shape index (κ2) is 4.41. The average molecular weight is 285 g/mol. The number of pyridine rings is 1. The molecular weight excluding hydrogens is 272 g/mol. The average Bonchev–Trinajstić information content (AvgIpc) is 2.25. The number of carbonyl (C=O) groups excluding carboxylic acids is 1. The number of fused-ring (bicyclic) bond motifs is 1. The number of hydrogen-bond donors (Lipinski definition) is 0. The maximum Gasteiger partial charge on any atom is 0.269 e. The monoisotopic (exact) mass is 284 g/mol. The molecule has 0 saturated carbocycles. The van der Waals surface area contributed by atoms with Gasteiger partial charge in [0.1, 0.15) is 0 Å². The van der Waals surface area contributed by atoms with Gasteiger partial charge in [0, 0.05) is 17.7 Å². The van der Waals surface area contributed by atoms with Crippen LogP contribution in [0.15, 0.2) is 16.7 Å². The van der Waals surface area contributed by atoms with Gasteiger partial charge in [0.25, 0.3) is 5.91 Å². The number of likely N-dealkylation sites (N-methyl/N-ethyl adjacent to an activating group) is 1. The number of hydrogen-bond acceptors (Lipinski definition) is 3. The Morgan fingerprint density at radius 2 is 2.38 bits per heavy atom. The van der Waals surface area contributed by atoms with E-state index in [-0.39, 0.29) is 12.0 Å². The highest BCUT2D eigenvalue weighted by Crippen LogP contribution is 2.33. The molecule has 0 N–H and O–H groups in total. The summed E-state index contributed by atoms with van der Waals surface area (Å²) in [6, 6.07) is 1.84. The minimum atomic E-state index is -0.376. The van der Waals surface area contributed by atoms with Crippen LogP contribution in [0.2, 0.25) is 0 Å². The molecule has 16 heavy (non-hydrogen) atoms. The molecule has 4 nitrogen and oxygen atoms in total. The lowest BCUT2D eigenvalue weighted by Gasteiger charge is -2.30. The Morgan fingerprint density at radius 1 is 1.62 bits per heavy atom. The van der Waals surface area contributed by atoms with E-state index in [9.17, 15) is 4.79 Å². The topological polar surface area (TPSA) is 42.4 Å². The number of rotatable bonds is 2. The lowest BCUT2D eigenvalue weighted by molar-refractivity contribution is -0.126. The van der Waals surface area contributed by atoms with Crippen molar-refractivity contribution in [3.8, 4) is 5.75 Å². The van der Waals surface area contributed by atoms with Crippen LogP contribution in [0.25, 0.3) is 0 Å². The first kappa shape index (κ1) is 11.4. The van der Waals surface area contributed by atoms with Crippen LogP contribution in [0.1, 0.15) is 19.8 Å². The molecule has 1 amide bonds. The van der Waals surface area contributed by atoms with Crippen molar-refractivity contribution < 1.29 is 9.53 Å². The Kier molecular flexibility index (Phi) is 3.14. The summed E-state index contributed by atoms with van der Waals surface area (Å²) in [4.78, 5) is 17.7. The molecule has 1 aromatic rings. The Morgan fingerprint density at radius 3 is 3.06 bits per heavy atom. The third-order valence-electron chi connectivity index (χ3n) is 2.54. The van der Waals surface area contributed by atoms with Crippen molar-refractivity contribution in [1.29, 1.82) is 0 Å². The van der Waals surface area contributed by atoms with Gasteiger partial charge >= 0.3 is 0 Å². The molecule has 1 atom stereocenters. The molecule has 1 unspecified atom stereocenters. The molecule has 0 radical (unpaired) electrons. The number of anilines is 1. The lowest BCUT2D eigenvalue weighted by atomic mass is 10.1. The Hall–Kier alpha value is -1.10. The van der Waals surface area contributed by atoms with Gasteiger partial charge in [-0.15, -0.1) is 0 Å². The quantitative estimate of drug-likeness (QED) is 0.837. The number of ether oxygens (including phenoxy) is 1. The van der Waals surface area contributed by atoms with Crippen molar-refractivity contribution in [1.82, 2.24) is 4.98 Å². The van der Waals surface area contributed by atoms with E-state index in [0.717, 1.165) is 17.3 Å².